The number of fused-ring (bicyclic) bond motifs is 5. The van der Waals surface area contributed by atoms with Crippen molar-refractivity contribution in [2.45, 2.75) is 6.18 Å². The lowest BCUT2D eigenvalue weighted by Crippen LogP contribution is -2.12. The zero-order valence-electron chi connectivity index (χ0n) is 13.0. The van der Waals surface area contributed by atoms with Crippen molar-refractivity contribution in [3.8, 4) is 11.5 Å². The Balaban J connectivity index is 1.95. The van der Waals surface area contributed by atoms with Crippen LogP contribution in [0.25, 0.3) is 32.7 Å². The summed E-state index contributed by atoms with van der Waals surface area (Å²) in [6.07, 6.45) is -4.66. The second-order valence-electron chi connectivity index (χ2n) is 5.98. The molecule has 0 N–H and O–H groups in total. The van der Waals surface area contributed by atoms with Crippen LogP contribution in [0.3, 0.4) is 0 Å². The monoisotopic (exact) mass is 358 g/mol. The quantitative estimate of drug-likeness (QED) is 0.422. The van der Waals surface area contributed by atoms with E-state index in [4.69, 9.17) is 13.9 Å². The maximum Gasteiger partial charge on any atom is 0.417 e. The van der Waals surface area contributed by atoms with Gasteiger partial charge in [0.25, 0.3) is 0 Å². The molecule has 4 aromatic rings. The molecule has 0 aliphatic carbocycles. The van der Waals surface area contributed by atoms with E-state index in [1.165, 1.54) is 18.2 Å². The molecule has 26 heavy (non-hydrogen) atoms. The predicted molar refractivity (Wildman–Crippen MR) is 88.6 cm³/mol. The predicted octanol–water partition coefficient (Wildman–Crippen LogP) is 4.85. The minimum Gasteiger partial charge on any atom is -0.456 e. The zero-order chi connectivity index (χ0) is 18.1. The van der Waals surface area contributed by atoms with Crippen LogP contribution in [0.2, 0.25) is 0 Å². The summed E-state index contributed by atoms with van der Waals surface area (Å²) in [6, 6.07) is 10.1. The van der Waals surface area contributed by atoms with Gasteiger partial charge < -0.3 is 13.9 Å². The van der Waals surface area contributed by atoms with Crippen molar-refractivity contribution in [3.63, 3.8) is 0 Å². The molecule has 0 unspecified atom stereocenters. The molecule has 0 spiro atoms. The summed E-state index contributed by atoms with van der Waals surface area (Å²) in [7, 11) is 0. The molecule has 2 heterocycles. The van der Waals surface area contributed by atoms with Crippen molar-refractivity contribution in [1.82, 2.24) is 0 Å². The van der Waals surface area contributed by atoms with E-state index in [0.717, 1.165) is 11.5 Å². The second kappa shape index (κ2) is 4.91. The molecule has 4 nitrogen and oxygen atoms in total. The Bertz CT molecular complexity index is 1270. The summed E-state index contributed by atoms with van der Waals surface area (Å²) in [4.78, 5) is 12.9. The van der Waals surface area contributed by atoms with Gasteiger partial charge in [-0.1, -0.05) is 12.1 Å². The van der Waals surface area contributed by atoms with Gasteiger partial charge >= 0.3 is 6.18 Å². The molecule has 130 valence electrons. The Kier molecular flexibility index (Phi) is 2.84. The lowest BCUT2D eigenvalue weighted by atomic mass is 10.0. The first-order valence-corrected chi connectivity index (χ1v) is 7.72. The van der Waals surface area contributed by atoms with Crippen LogP contribution < -0.4 is 14.9 Å². The van der Waals surface area contributed by atoms with Gasteiger partial charge in [0.1, 0.15) is 11.2 Å². The van der Waals surface area contributed by atoms with E-state index >= 15 is 0 Å². The van der Waals surface area contributed by atoms with Crippen LogP contribution in [0.1, 0.15) is 5.56 Å². The number of alkyl halides is 3. The van der Waals surface area contributed by atoms with Crippen LogP contribution in [0.5, 0.6) is 11.5 Å². The Labute approximate surface area is 143 Å². The summed E-state index contributed by atoms with van der Waals surface area (Å²) in [6.45, 7) is 0.0526. The van der Waals surface area contributed by atoms with Crippen LogP contribution in [-0.4, -0.2) is 6.79 Å². The van der Waals surface area contributed by atoms with Crippen LogP contribution in [0, 0.1) is 0 Å². The van der Waals surface area contributed by atoms with Crippen molar-refractivity contribution in [2.75, 3.05) is 6.79 Å². The molecule has 3 aromatic carbocycles. The molecule has 0 radical (unpaired) electrons. The normalized spacial score (nSPS) is 13.8. The van der Waals surface area contributed by atoms with Crippen LogP contribution in [0.15, 0.2) is 51.7 Å². The molecule has 1 aromatic heterocycles. The van der Waals surface area contributed by atoms with Gasteiger partial charge in [-0.25, -0.2) is 0 Å². The van der Waals surface area contributed by atoms with E-state index in [0.29, 0.717) is 16.9 Å². The smallest absolute Gasteiger partial charge is 0.417 e. The van der Waals surface area contributed by atoms with E-state index in [1.54, 1.807) is 18.2 Å². The van der Waals surface area contributed by atoms with E-state index < -0.39 is 22.6 Å². The van der Waals surface area contributed by atoms with Crippen molar-refractivity contribution >= 4 is 32.7 Å². The standard InChI is InChI=1S/C19H9F3O4/c20-19(21,22)12-2-1-3-13-16(12)17(23)11-7-10-9(6-15(11)26-13)4-5-14-18(10)25-8-24-14/h1-7H,8H2. The molecule has 0 amide bonds. The molecular weight excluding hydrogens is 349 g/mol. The summed E-state index contributed by atoms with van der Waals surface area (Å²) < 4.78 is 56.3. The highest BCUT2D eigenvalue weighted by atomic mass is 19.4. The van der Waals surface area contributed by atoms with E-state index in [9.17, 15) is 18.0 Å². The van der Waals surface area contributed by atoms with Gasteiger partial charge in [-0.3, -0.25) is 4.79 Å². The SMILES string of the molecule is O=c1c2cc3c4c(ccc3cc2oc2cccc(C(F)(F)F)c12)OCO4. The zero-order valence-corrected chi connectivity index (χ0v) is 13.0. The third-order valence-electron chi connectivity index (χ3n) is 4.48. The third kappa shape index (κ3) is 2.00. The molecule has 0 saturated carbocycles. The van der Waals surface area contributed by atoms with Crippen molar-refractivity contribution < 1.29 is 27.1 Å². The summed E-state index contributed by atoms with van der Waals surface area (Å²) in [5.41, 5.74) is -1.62. The van der Waals surface area contributed by atoms with E-state index in [2.05, 4.69) is 0 Å². The van der Waals surface area contributed by atoms with Gasteiger partial charge in [0.05, 0.1) is 16.3 Å². The number of ether oxygens (including phenoxy) is 2. The Morgan fingerprint density at radius 3 is 2.58 bits per heavy atom. The van der Waals surface area contributed by atoms with E-state index in [-0.39, 0.29) is 23.3 Å². The van der Waals surface area contributed by atoms with E-state index in [1.807, 2.05) is 0 Å². The van der Waals surface area contributed by atoms with Gasteiger partial charge in [-0.05, 0) is 35.7 Å². The molecule has 0 fully saturated rings. The maximum atomic E-state index is 13.3. The Hall–Kier alpha value is -3.22. The molecule has 7 heteroatoms. The summed E-state index contributed by atoms with van der Waals surface area (Å²) in [5, 5.41) is 0.905. The fourth-order valence-electron chi connectivity index (χ4n) is 3.32. The van der Waals surface area contributed by atoms with Crippen LogP contribution >= 0.6 is 0 Å². The van der Waals surface area contributed by atoms with Crippen molar-refractivity contribution in [2.24, 2.45) is 0 Å². The first kappa shape index (κ1) is 15.1. The summed E-state index contributed by atoms with van der Waals surface area (Å²) >= 11 is 0. The van der Waals surface area contributed by atoms with Crippen LogP contribution in [0.4, 0.5) is 13.2 Å². The highest BCUT2D eigenvalue weighted by Gasteiger charge is 2.34. The average Bonchev–Trinajstić information content (AvgIpc) is 3.08. The largest absolute Gasteiger partial charge is 0.456 e. The lowest BCUT2D eigenvalue weighted by Gasteiger charge is -2.11. The average molecular weight is 358 g/mol. The van der Waals surface area contributed by atoms with Crippen LogP contribution in [-0.2, 0) is 6.18 Å². The molecule has 1 aliphatic heterocycles. The van der Waals surface area contributed by atoms with Gasteiger partial charge in [0, 0.05) is 5.39 Å². The van der Waals surface area contributed by atoms with Gasteiger partial charge in [-0.15, -0.1) is 0 Å². The van der Waals surface area contributed by atoms with Gasteiger partial charge in [0.15, 0.2) is 11.5 Å². The number of rotatable bonds is 0. The molecule has 0 atom stereocenters. The Morgan fingerprint density at radius 1 is 0.923 bits per heavy atom. The minimum absolute atomic E-state index is 0.0526. The van der Waals surface area contributed by atoms with Gasteiger partial charge in [0.2, 0.25) is 12.2 Å². The number of hydrogen-bond acceptors (Lipinski definition) is 4. The highest BCUT2D eigenvalue weighted by molar-refractivity contribution is 6.03. The molecule has 5 rings (SSSR count). The third-order valence-corrected chi connectivity index (χ3v) is 4.48. The summed E-state index contributed by atoms with van der Waals surface area (Å²) in [5.74, 6) is 0.992. The Morgan fingerprint density at radius 2 is 1.77 bits per heavy atom. The lowest BCUT2D eigenvalue weighted by molar-refractivity contribution is -0.136. The highest BCUT2D eigenvalue weighted by Crippen LogP contribution is 2.41. The second-order valence-corrected chi connectivity index (χ2v) is 5.98. The van der Waals surface area contributed by atoms with Crippen molar-refractivity contribution in [1.29, 1.82) is 0 Å². The minimum atomic E-state index is -4.66. The van der Waals surface area contributed by atoms with Gasteiger partial charge in [-0.2, -0.15) is 13.2 Å². The number of benzene rings is 3. The first-order valence-electron chi connectivity index (χ1n) is 7.72. The number of hydrogen-bond donors (Lipinski definition) is 0. The van der Waals surface area contributed by atoms with Crippen molar-refractivity contribution in [3.05, 3.63) is 58.3 Å². The first-order chi connectivity index (χ1) is 12.4. The molecule has 1 aliphatic rings. The maximum absolute atomic E-state index is 13.3. The molecular formula is C19H9F3O4. The fourth-order valence-corrected chi connectivity index (χ4v) is 3.32. The number of halogens is 3. The molecule has 0 bridgehead atoms. The fraction of sp³-hybridized carbons (Fsp3) is 0.105. The molecule has 0 saturated heterocycles. The topological polar surface area (TPSA) is 48.7 Å².